The van der Waals surface area contributed by atoms with E-state index in [1.165, 1.54) is 6.07 Å². The van der Waals surface area contributed by atoms with Crippen LogP contribution in [0.15, 0.2) is 36.4 Å². The maximum Gasteiger partial charge on any atom is 0.129 e. The van der Waals surface area contributed by atoms with Crippen LogP contribution in [0.2, 0.25) is 15.1 Å². The van der Waals surface area contributed by atoms with Crippen molar-refractivity contribution in [2.75, 3.05) is 7.05 Å². The summed E-state index contributed by atoms with van der Waals surface area (Å²) in [6.07, 6.45) is 0. The van der Waals surface area contributed by atoms with Gasteiger partial charge in [0.1, 0.15) is 5.82 Å². The Labute approximate surface area is 126 Å². The Bertz CT molecular complexity index is 581. The quantitative estimate of drug-likeness (QED) is 0.830. The topological polar surface area (TPSA) is 12.0 Å². The standard InChI is InChI=1S/C14H11Cl3FN/c1-19-14(8-4-10(16)6-11(17)5-8)12-3-2-9(15)7-13(12)18/h2-7,14,19H,1H3. The molecule has 0 saturated carbocycles. The highest BCUT2D eigenvalue weighted by atomic mass is 35.5. The van der Waals surface area contributed by atoms with Gasteiger partial charge in [0.2, 0.25) is 0 Å². The van der Waals surface area contributed by atoms with Gasteiger partial charge in [-0.2, -0.15) is 0 Å². The second-order valence-corrected chi connectivity index (χ2v) is 5.40. The molecule has 1 N–H and O–H groups in total. The Hall–Kier alpha value is -0.800. The van der Waals surface area contributed by atoms with Crippen molar-refractivity contribution in [1.29, 1.82) is 0 Å². The molecule has 1 atom stereocenters. The van der Waals surface area contributed by atoms with Crippen LogP contribution in [0.4, 0.5) is 4.39 Å². The number of hydrogen-bond donors (Lipinski definition) is 1. The van der Waals surface area contributed by atoms with Gasteiger partial charge in [-0.25, -0.2) is 4.39 Å². The molecule has 0 bridgehead atoms. The number of benzene rings is 2. The van der Waals surface area contributed by atoms with E-state index in [-0.39, 0.29) is 11.9 Å². The second-order valence-electron chi connectivity index (χ2n) is 4.09. The van der Waals surface area contributed by atoms with Gasteiger partial charge in [0.15, 0.2) is 0 Å². The first-order valence-corrected chi connectivity index (χ1v) is 6.73. The predicted octanol–water partition coefficient (Wildman–Crippen LogP) is 5.09. The molecule has 2 aromatic rings. The zero-order chi connectivity index (χ0) is 14.0. The molecular weight excluding hydrogens is 308 g/mol. The van der Waals surface area contributed by atoms with E-state index in [1.54, 1.807) is 37.4 Å². The van der Waals surface area contributed by atoms with Crippen LogP contribution < -0.4 is 5.32 Å². The third kappa shape index (κ3) is 3.40. The Balaban J connectivity index is 2.49. The zero-order valence-corrected chi connectivity index (χ0v) is 12.3. The molecule has 0 spiro atoms. The molecule has 1 unspecified atom stereocenters. The highest BCUT2D eigenvalue weighted by Gasteiger charge is 2.17. The fraction of sp³-hybridized carbons (Fsp3) is 0.143. The van der Waals surface area contributed by atoms with Crippen LogP contribution in [-0.4, -0.2) is 7.05 Å². The predicted molar refractivity (Wildman–Crippen MR) is 78.8 cm³/mol. The molecule has 1 nitrogen and oxygen atoms in total. The summed E-state index contributed by atoms with van der Waals surface area (Å²) in [6.45, 7) is 0. The van der Waals surface area contributed by atoms with Gasteiger partial charge in [0.05, 0.1) is 6.04 Å². The van der Waals surface area contributed by atoms with E-state index in [4.69, 9.17) is 34.8 Å². The van der Waals surface area contributed by atoms with Crippen molar-refractivity contribution in [1.82, 2.24) is 5.32 Å². The van der Waals surface area contributed by atoms with E-state index in [0.717, 1.165) is 5.56 Å². The summed E-state index contributed by atoms with van der Waals surface area (Å²) in [5, 5.41) is 4.43. The molecule has 100 valence electrons. The van der Waals surface area contributed by atoms with Gasteiger partial charge in [-0.05, 0) is 42.9 Å². The maximum absolute atomic E-state index is 14.0. The van der Waals surface area contributed by atoms with Crippen LogP contribution in [0.3, 0.4) is 0 Å². The molecule has 0 aliphatic rings. The lowest BCUT2D eigenvalue weighted by molar-refractivity contribution is 0.576. The minimum absolute atomic E-state index is 0.339. The van der Waals surface area contributed by atoms with Gasteiger partial charge in [0, 0.05) is 20.6 Å². The van der Waals surface area contributed by atoms with Crippen LogP contribution in [0.1, 0.15) is 17.2 Å². The van der Waals surface area contributed by atoms with E-state index in [0.29, 0.717) is 20.6 Å². The first kappa shape index (κ1) is 14.6. The van der Waals surface area contributed by atoms with Crippen molar-refractivity contribution in [3.8, 4) is 0 Å². The third-order valence-electron chi connectivity index (χ3n) is 2.78. The Morgan fingerprint density at radius 1 is 0.947 bits per heavy atom. The Morgan fingerprint density at radius 3 is 2.11 bits per heavy atom. The van der Waals surface area contributed by atoms with E-state index in [2.05, 4.69) is 5.32 Å². The van der Waals surface area contributed by atoms with Gasteiger partial charge in [0.25, 0.3) is 0 Å². The minimum atomic E-state index is -0.372. The normalized spacial score (nSPS) is 12.5. The summed E-state index contributed by atoms with van der Waals surface area (Å²) in [5.74, 6) is -0.372. The summed E-state index contributed by atoms with van der Waals surface area (Å²) in [7, 11) is 1.74. The number of rotatable bonds is 3. The molecule has 0 aliphatic heterocycles. The van der Waals surface area contributed by atoms with Gasteiger partial charge < -0.3 is 5.32 Å². The Morgan fingerprint density at radius 2 is 1.58 bits per heavy atom. The summed E-state index contributed by atoms with van der Waals surface area (Å²) >= 11 is 17.7. The summed E-state index contributed by atoms with van der Waals surface area (Å²) in [4.78, 5) is 0. The van der Waals surface area contributed by atoms with Crippen molar-refractivity contribution < 1.29 is 4.39 Å². The van der Waals surface area contributed by atoms with Crippen molar-refractivity contribution in [2.24, 2.45) is 0 Å². The molecule has 0 heterocycles. The largest absolute Gasteiger partial charge is 0.309 e. The van der Waals surface area contributed by atoms with E-state index >= 15 is 0 Å². The monoisotopic (exact) mass is 317 g/mol. The SMILES string of the molecule is CNC(c1cc(Cl)cc(Cl)c1)c1ccc(Cl)cc1F. The zero-order valence-electron chi connectivity index (χ0n) is 10.1. The fourth-order valence-electron chi connectivity index (χ4n) is 1.98. The summed E-state index contributed by atoms with van der Waals surface area (Å²) in [5.41, 5.74) is 1.28. The van der Waals surface area contributed by atoms with E-state index in [9.17, 15) is 4.39 Å². The number of nitrogens with one attached hydrogen (secondary N) is 1. The van der Waals surface area contributed by atoms with Crippen LogP contribution in [-0.2, 0) is 0 Å². The molecule has 2 aromatic carbocycles. The molecule has 0 aliphatic carbocycles. The molecule has 19 heavy (non-hydrogen) atoms. The van der Waals surface area contributed by atoms with Gasteiger partial charge in [-0.1, -0.05) is 40.9 Å². The van der Waals surface area contributed by atoms with E-state index < -0.39 is 0 Å². The first-order chi connectivity index (χ1) is 9.01. The van der Waals surface area contributed by atoms with Crippen LogP contribution in [0.5, 0.6) is 0 Å². The molecule has 5 heteroatoms. The van der Waals surface area contributed by atoms with E-state index in [1.807, 2.05) is 0 Å². The molecule has 0 radical (unpaired) electrons. The van der Waals surface area contributed by atoms with Crippen molar-refractivity contribution in [3.05, 3.63) is 68.4 Å². The maximum atomic E-state index is 14.0. The fourth-order valence-corrected chi connectivity index (χ4v) is 2.68. The van der Waals surface area contributed by atoms with Crippen molar-refractivity contribution in [3.63, 3.8) is 0 Å². The van der Waals surface area contributed by atoms with Crippen LogP contribution in [0, 0.1) is 5.82 Å². The molecule has 0 fully saturated rings. The lowest BCUT2D eigenvalue weighted by Gasteiger charge is -2.18. The van der Waals surface area contributed by atoms with Gasteiger partial charge in [-0.3, -0.25) is 0 Å². The average molecular weight is 319 g/mol. The highest BCUT2D eigenvalue weighted by Crippen LogP contribution is 2.29. The van der Waals surface area contributed by atoms with Crippen molar-refractivity contribution in [2.45, 2.75) is 6.04 Å². The lowest BCUT2D eigenvalue weighted by Crippen LogP contribution is -2.19. The summed E-state index contributed by atoms with van der Waals surface area (Å²) < 4.78 is 14.0. The molecule has 0 saturated heterocycles. The minimum Gasteiger partial charge on any atom is -0.309 e. The van der Waals surface area contributed by atoms with Gasteiger partial charge >= 0.3 is 0 Å². The molecule has 2 rings (SSSR count). The second kappa shape index (κ2) is 6.10. The molecule has 0 amide bonds. The Kier molecular flexibility index (Phi) is 4.69. The lowest BCUT2D eigenvalue weighted by atomic mass is 9.98. The average Bonchev–Trinajstić information content (AvgIpc) is 2.31. The van der Waals surface area contributed by atoms with Gasteiger partial charge in [-0.15, -0.1) is 0 Å². The molecular formula is C14H11Cl3FN. The molecule has 0 aromatic heterocycles. The van der Waals surface area contributed by atoms with Crippen molar-refractivity contribution >= 4 is 34.8 Å². The third-order valence-corrected chi connectivity index (χ3v) is 3.45. The summed E-state index contributed by atoms with van der Waals surface area (Å²) in [6, 6.07) is 9.38. The van der Waals surface area contributed by atoms with Crippen LogP contribution >= 0.6 is 34.8 Å². The number of hydrogen-bond acceptors (Lipinski definition) is 1. The highest BCUT2D eigenvalue weighted by molar-refractivity contribution is 6.34. The van der Waals surface area contributed by atoms with Crippen LogP contribution in [0.25, 0.3) is 0 Å². The number of halogens is 4. The first-order valence-electron chi connectivity index (χ1n) is 5.59. The smallest absolute Gasteiger partial charge is 0.129 e.